The van der Waals surface area contributed by atoms with Gasteiger partial charge in [-0.2, -0.15) is 0 Å². The van der Waals surface area contributed by atoms with Gasteiger partial charge in [0.2, 0.25) is 0 Å². The Kier molecular flexibility index (Phi) is 11.1. The zero-order valence-electron chi connectivity index (χ0n) is 27.0. The lowest BCUT2D eigenvalue weighted by molar-refractivity contribution is 0.00895. The topological polar surface area (TPSA) is 118 Å². The van der Waals surface area contributed by atoms with Crippen molar-refractivity contribution < 1.29 is 33.4 Å². The Balaban J connectivity index is 1.34. The number of hydrogen-bond acceptors (Lipinski definition) is 11. The predicted molar refractivity (Wildman–Crippen MR) is 172 cm³/mol. The average molecular weight is 623 g/mol. The molecule has 1 N–H and O–H groups in total. The first-order valence-electron chi connectivity index (χ1n) is 16.0. The molecule has 0 radical (unpaired) electrons. The number of ketones is 4. The number of rotatable bonds is 16. The second-order valence-electron chi connectivity index (χ2n) is 12.6. The van der Waals surface area contributed by atoms with Crippen LogP contribution in [0.5, 0.6) is 0 Å². The van der Waals surface area contributed by atoms with Crippen LogP contribution in [0.25, 0.3) is 10.8 Å². The smallest absolute Gasteiger partial charge is 0.176 e. The molecular weight excluding hydrogens is 576 g/mol. The van der Waals surface area contributed by atoms with Crippen molar-refractivity contribution in [1.29, 1.82) is 0 Å². The number of nitrogens with zero attached hydrogens (tertiary/aromatic N) is 3. The first kappa shape index (κ1) is 33.3. The van der Waals surface area contributed by atoms with Gasteiger partial charge >= 0.3 is 0 Å². The van der Waals surface area contributed by atoms with E-state index in [9.17, 15) is 19.2 Å². The summed E-state index contributed by atoms with van der Waals surface area (Å²) in [5, 5.41) is 4.19. The van der Waals surface area contributed by atoms with Crippen LogP contribution >= 0.6 is 0 Å². The summed E-state index contributed by atoms with van der Waals surface area (Å²) in [4.78, 5) is 61.3. The second-order valence-corrected chi connectivity index (χ2v) is 12.6. The first-order chi connectivity index (χ1) is 21.7. The van der Waals surface area contributed by atoms with E-state index in [1.165, 1.54) is 0 Å². The lowest BCUT2D eigenvalue weighted by atomic mass is 9.71. The molecule has 1 heterocycles. The Morgan fingerprint density at radius 2 is 1.31 bits per heavy atom. The van der Waals surface area contributed by atoms with Crippen molar-refractivity contribution >= 4 is 39.6 Å². The molecule has 3 aliphatic rings. The Hall–Kier alpha value is -3.06. The first-order valence-corrected chi connectivity index (χ1v) is 16.0. The van der Waals surface area contributed by atoms with E-state index in [-0.39, 0.29) is 23.1 Å². The Morgan fingerprint density at radius 1 is 0.756 bits per heavy atom. The molecule has 11 nitrogen and oxygen atoms in total. The van der Waals surface area contributed by atoms with E-state index >= 15 is 0 Å². The number of carbonyl (C=O) groups excluding carboxylic acids is 4. The van der Waals surface area contributed by atoms with Crippen LogP contribution in [0, 0.1) is 11.8 Å². The average Bonchev–Trinajstić information content (AvgIpc) is 3.01. The number of carbonyl (C=O) groups is 4. The highest BCUT2D eigenvalue weighted by Gasteiger charge is 2.43. The third kappa shape index (κ3) is 7.34. The SMILES string of the molecule is CN(C)CCC1C(=O)c2ccc3c4c(c(NCCOCCOCCN5CCOCC5)cc(c24)C1=O)C(=O)C(CCN(C)C)C3=O. The fourth-order valence-electron chi connectivity index (χ4n) is 6.44. The fourth-order valence-corrected chi connectivity index (χ4v) is 6.44. The standard InChI is InChI=1S/C34H46N4O7/c1-36(2)10-7-24-31(39)22-5-6-23-29-28(22)26(33(24)41)21-27(30(29)34(42)25(32(23)40)8-11-37(3)4)35-9-15-43-19-20-45-18-14-38-12-16-44-17-13-38/h5-6,21,24-25,35H,7-20H2,1-4H3. The zero-order chi connectivity index (χ0) is 32.1. The summed E-state index contributed by atoms with van der Waals surface area (Å²) in [6.07, 6.45) is 0.776. The van der Waals surface area contributed by atoms with Gasteiger partial charge in [0.05, 0.1) is 57.0 Å². The van der Waals surface area contributed by atoms with Crippen molar-refractivity contribution in [3.8, 4) is 0 Å². The number of benzene rings is 2. The molecule has 45 heavy (non-hydrogen) atoms. The molecule has 0 bridgehead atoms. The van der Waals surface area contributed by atoms with E-state index in [1.807, 2.05) is 38.0 Å². The summed E-state index contributed by atoms with van der Waals surface area (Å²) in [7, 11) is 7.62. The predicted octanol–water partition coefficient (Wildman–Crippen LogP) is 2.51. The highest BCUT2D eigenvalue weighted by atomic mass is 16.5. The quantitative estimate of drug-likeness (QED) is 0.220. The highest BCUT2D eigenvalue weighted by Crippen LogP contribution is 2.44. The minimum atomic E-state index is -0.826. The monoisotopic (exact) mass is 622 g/mol. The van der Waals surface area contributed by atoms with Crippen LogP contribution in [-0.4, -0.2) is 145 Å². The van der Waals surface area contributed by atoms with Crippen LogP contribution in [0.2, 0.25) is 0 Å². The van der Waals surface area contributed by atoms with Crippen molar-refractivity contribution in [3.05, 3.63) is 40.5 Å². The molecule has 0 aromatic heterocycles. The molecule has 244 valence electrons. The van der Waals surface area contributed by atoms with Gasteiger partial charge in [0.25, 0.3) is 0 Å². The minimum absolute atomic E-state index is 0.247. The molecule has 11 heteroatoms. The third-order valence-corrected chi connectivity index (χ3v) is 8.91. The molecule has 0 saturated carbocycles. The number of nitrogens with one attached hydrogen (secondary N) is 1. The van der Waals surface area contributed by atoms with Crippen molar-refractivity contribution in [1.82, 2.24) is 14.7 Å². The van der Waals surface area contributed by atoms with Crippen molar-refractivity contribution in [2.24, 2.45) is 11.8 Å². The normalized spacial score (nSPS) is 20.2. The molecule has 2 aromatic rings. The largest absolute Gasteiger partial charge is 0.382 e. The molecule has 2 atom stereocenters. The summed E-state index contributed by atoms with van der Waals surface area (Å²) in [5.41, 5.74) is 2.08. The van der Waals surface area contributed by atoms with Gasteiger partial charge in [0, 0.05) is 59.3 Å². The number of anilines is 1. The lowest BCUT2D eigenvalue weighted by Gasteiger charge is -2.31. The third-order valence-electron chi connectivity index (χ3n) is 8.91. The van der Waals surface area contributed by atoms with Gasteiger partial charge in [-0.25, -0.2) is 0 Å². The van der Waals surface area contributed by atoms with E-state index in [0.29, 0.717) is 97.6 Å². The molecule has 2 unspecified atom stereocenters. The minimum Gasteiger partial charge on any atom is -0.382 e. The molecule has 0 amide bonds. The Morgan fingerprint density at radius 3 is 1.93 bits per heavy atom. The van der Waals surface area contributed by atoms with Crippen LogP contribution in [0.4, 0.5) is 5.69 Å². The number of ether oxygens (including phenoxy) is 3. The van der Waals surface area contributed by atoms with Gasteiger partial charge in [-0.3, -0.25) is 24.1 Å². The van der Waals surface area contributed by atoms with Crippen LogP contribution in [-0.2, 0) is 14.2 Å². The van der Waals surface area contributed by atoms with Crippen LogP contribution < -0.4 is 5.32 Å². The Labute approximate surface area is 265 Å². The van der Waals surface area contributed by atoms with Crippen molar-refractivity contribution in [3.63, 3.8) is 0 Å². The second kappa shape index (κ2) is 15.0. The van der Waals surface area contributed by atoms with Crippen LogP contribution in [0.3, 0.4) is 0 Å². The summed E-state index contributed by atoms with van der Waals surface area (Å²) < 4.78 is 16.9. The number of Topliss-reactive ketones (excluding diaryl/α,β-unsaturated/α-hetero) is 4. The Bertz CT molecular complexity index is 1430. The molecule has 5 rings (SSSR count). The number of hydrogen-bond donors (Lipinski definition) is 1. The molecular formula is C34H46N4O7. The summed E-state index contributed by atoms with van der Waals surface area (Å²) in [5.74, 6) is -2.67. The molecule has 1 aliphatic heterocycles. The summed E-state index contributed by atoms with van der Waals surface area (Å²) >= 11 is 0. The molecule has 1 saturated heterocycles. The van der Waals surface area contributed by atoms with E-state index in [4.69, 9.17) is 14.2 Å². The van der Waals surface area contributed by atoms with Crippen LogP contribution in [0.1, 0.15) is 54.3 Å². The van der Waals surface area contributed by atoms with Crippen LogP contribution in [0.15, 0.2) is 18.2 Å². The van der Waals surface area contributed by atoms with E-state index in [2.05, 4.69) is 10.2 Å². The number of morpholine rings is 1. The van der Waals surface area contributed by atoms with Gasteiger partial charge < -0.3 is 29.3 Å². The zero-order valence-corrected chi connectivity index (χ0v) is 27.0. The van der Waals surface area contributed by atoms with Gasteiger partial charge in [-0.15, -0.1) is 0 Å². The maximum atomic E-state index is 14.0. The summed E-state index contributed by atoms with van der Waals surface area (Å²) in [6.45, 7) is 7.72. The van der Waals surface area contributed by atoms with Gasteiger partial charge in [0.1, 0.15) is 0 Å². The van der Waals surface area contributed by atoms with Gasteiger partial charge in [-0.1, -0.05) is 0 Å². The molecule has 1 fully saturated rings. The van der Waals surface area contributed by atoms with Crippen molar-refractivity contribution in [2.45, 2.75) is 12.8 Å². The highest BCUT2D eigenvalue weighted by molar-refractivity contribution is 6.38. The maximum absolute atomic E-state index is 14.0. The maximum Gasteiger partial charge on any atom is 0.176 e. The van der Waals surface area contributed by atoms with Crippen molar-refractivity contribution in [2.75, 3.05) is 112 Å². The van der Waals surface area contributed by atoms with E-state index < -0.39 is 11.8 Å². The molecule has 0 spiro atoms. The van der Waals surface area contributed by atoms with E-state index in [0.717, 1.165) is 32.8 Å². The van der Waals surface area contributed by atoms with Gasteiger partial charge in [0.15, 0.2) is 23.1 Å². The van der Waals surface area contributed by atoms with Gasteiger partial charge in [-0.05, 0) is 72.3 Å². The molecule has 2 aliphatic carbocycles. The fraction of sp³-hybridized carbons (Fsp3) is 0.588. The molecule has 2 aromatic carbocycles. The van der Waals surface area contributed by atoms with E-state index in [1.54, 1.807) is 18.2 Å². The lowest BCUT2D eigenvalue weighted by Crippen LogP contribution is -2.38. The summed E-state index contributed by atoms with van der Waals surface area (Å²) in [6, 6.07) is 5.06.